The predicted octanol–water partition coefficient (Wildman–Crippen LogP) is 1.90. The maximum atomic E-state index is 11.8. The molecule has 20 heavy (non-hydrogen) atoms. The number of aromatic nitrogens is 2. The van der Waals surface area contributed by atoms with Gasteiger partial charge in [0.1, 0.15) is 5.02 Å². The Balaban J connectivity index is 1.74. The van der Waals surface area contributed by atoms with Crippen LogP contribution in [0.4, 0.5) is 5.69 Å². The monoisotopic (exact) mass is 315 g/mol. The molecule has 1 aromatic rings. The summed E-state index contributed by atoms with van der Waals surface area (Å²) < 4.78 is 7.23. The molecule has 2 saturated heterocycles. The average Bonchev–Trinajstić information content (AvgIpc) is 2.88. The fourth-order valence-corrected chi connectivity index (χ4v) is 4.45. The van der Waals surface area contributed by atoms with Gasteiger partial charge in [-0.05, 0) is 25.0 Å². The Bertz CT molecular complexity index is 557. The van der Waals surface area contributed by atoms with Gasteiger partial charge in [-0.1, -0.05) is 11.6 Å². The molecule has 0 aromatic carbocycles. The van der Waals surface area contributed by atoms with Crippen LogP contribution in [-0.2, 0) is 11.8 Å². The number of aryl methyl sites for hydroxylation is 1. The summed E-state index contributed by atoms with van der Waals surface area (Å²) >= 11 is 8.05. The fourth-order valence-electron chi connectivity index (χ4n) is 2.85. The topological polar surface area (TPSA) is 56.1 Å². The molecule has 0 aliphatic carbocycles. The van der Waals surface area contributed by atoms with Crippen molar-refractivity contribution in [2.45, 2.75) is 30.9 Å². The summed E-state index contributed by atoms with van der Waals surface area (Å²) in [5.74, 6) is 2.23. The molecule has 0 radical (unpaired) electrons. The van der Waals surface area contributed by atoms with Gasteiger partial charge in [0, 0.05) is 25.4 Å². The van der Waals surface area contributed by atoms with Gasteiger partial charge in [-0.3, -0.25) is 4.79 Å². The number of ether oxygens (including phenoxy) is 1. The summed E-state index contributed by atoms with van der Waals surface area (Å²) in [6.45, 7) is 0.758. The number of anilines is 1. The average molecular weight is 316 g/mol. The zero-order valence-corrected chi connectivity index (χ0v) is 13.0. The Kier molecular flexibility index (Phi) is 3.97. The van der Waals surface area contributed by atoms with Crippen LogP contribution < -0.4 is 10.9 Å². The molecular formula is C13H18ClN3O2S. The summed E-state index contributed by atoms with van der Waals surface area (Å²) in [4.78, 5) is 11.8. The van der Waals surface area contributed by atoms with E-state index in [-0.39, 0.29) is 22.2 Å². The van der Waals surface area contributed by atoms with Crippen molar-refractivity contribution in [3.63, 3.8) is 0 Å². The third-order valence-corrected chi connectivity index (χ3v) is 5.59. The molecule has 110 valence electrons. The summed E-state index contributed by atoms with van der Waals surface area (Å²) in [5.41, 5.74) is 0.373. The van der Waals surface area contributed by atoms with E-state index in [4.69, 9.17) is 16.3 Å². The van der Waals surface area contributed by atoms with E-state index >= 15 is 0 Å². The van der Waals surface area contributed by atoms with Gasteiger partial charge >= 0.3 is 0 Å². The second-order valence-corrected chi connectivity index (χ2v) is 6.95. The second-order valence-electron chi connectivity index (χ2n) is 5.47. The SMILES string of the molecule is Cn1ncc(N[C@H]2CCO[C@@]3(CCSC3)C2)c(Cl)c1=O. The van der Waals surface area contributed by atoms with E-state index in [1.54, 1.807) is 13.2 Å². The lowest BCUT2D eigenvalue weighted by Gasteiger charge is -2.38. The number of rotatable bonds is 2. The maximum Gasteiger partial charge on any atom is 0.287 e. The number of hydrogen-bond acceptors (Lipinski definition) is 5. The van der Waals surface area contributed by atoms with Gasteiger partial charge in [-0.15, -0.1) is 0 Å². The Morgan fingerprint density at radius 2 is 2.50 bits per heavy atom. The summed E-state index contributed by atoms with van der Waals surface area (Å²) in [7, 11) is 1.59. The molecule has 1 spiro atoms. The van der Waals surface area contributed by atoms with Crippen LogP contribution in [-0.4, -0.2) is 39.5 Å². The van der Waals surface area contributed by atoms with Crippen molar-refractivity contribution in [2.24, 2.45) is 7.05 Å². The van der Waals surface area contributed by atoms with Crippen LogP contribution in [0.5, 0.6) is 0 Å². The Morgan fingerprint density at radius 1 is 1.65 bits per heavy atom. The molecule has 2 atom stereocenters. The van der Waals surface area contributed by atoms with E-state index in [1.807, 2.05) is 11.8 Å². The van der Waals surface area contributed by atoms with Crippen molar-refractivity contribution in [3.05, 3.63) is 21.6 Å². The van der Waals surface area contributed by atoms with Gasteiger partial charge in [0.15, 0.2) is 0 Å². The first-order valence-electron chi connectivity index (χ1n) is 6.80. The lowest BCUT2D eigenvalue weighted by atomic mass is 9.90. The first kappa shape index (κ1) is 14.2. The summed E-state index contributed by atoms with van der Waals surface area (Å²) in [6.07, 6.45) is 4.62. The molecule has 0 saturated carbocycles. The molecule has 3 heterocycles. The number of nitrogens with one attached hydrogen (secondary N) is 1. The number of thioether (sulfide) groups is 1. The van der Waals surface area contributed by atoms with E-state index in [0.717, 1.165) is 31.6 Å². The molecular weight excluding hydrogens is 298 g/mol. The Labute approximate surface area is 127 Å². The van der Waals surface area contributed by atoms with Gasteiger partial charge in [0.05, 0.1) is 17.5 Å². The van der Waals surface area contributed by atoms with Crippen LogP contribution in [0.25, 0.3) is 0 Å². The van der Waals surface area contributed by atoms with Crippen LogP contribution in [0.1, 0.15) is 19.3 Å². The molecule has 5 nitrogen and oxygen atoms in total. The molecule has 0 bridgehead atoms. The Morgan fingerprint density at radius 3 is 3.25 bits per heavy atom. The fraction of sp³-hybridized carbons (Fsp3) is 0.692. The maximum absolute atomic E-state index is 11.8. The first-order chi connectivity index (χ1) is 9.60. The van der Waals surface area contributed by atoms with Crippen molar-refractivity contribution < 1.29 is 4.74 Å². The smallest absolute Gasteiger partial charge is 0.287 e. The van der Waals surface area contributed by atoms with Gasteiger partial charge in [-0.25, -0.2) is 4.68 Å². The van der Waals surface area contributed by atoms with Gasteiger partial charge < -0.3 is 10.1 Å². The highest BCUT2D eigenvalue weighted by Gasteiger charge is 2.40. The number of hydrogen-bond donors (Lipinski definition) is 1. The zero-order chi connectivity index (χ0) is 14.2. The van der Waals surface area contributed by atoms with Crippen LogP contribution in [0.15, 0.2) is 11.0 Å². The van der Waals surface area contributed by atoms with E-state index in [9.17, 15) is 4.79 Å². The highest BCUT2D eigenvalue weighted by molar-refractivity contribution is 7.99. The minimum atomic E-state index is -0.269. The van der Waals surface area contributed by atoms with Gasteiger partial charge in [-0.2, -0.15) is 16.9 Å². The summed E-state index contributed by atoms with van der Waals surface area (Å²) in [5, 5.41) is 7.60. The predicted molar refractivity (Wildman–Crippen MR) is 81.8 cm³/mol. The molecule has 0 amide bonds. The van der Waals surface area contributed by atoms with Crippen molar-refractivity contribution >= 4 is 29.1 Å². The second kappa shape index (κ2) is 5.58. The number of nitrogens with zero attached hydrogens (tertiary/aromatic N) is 2. The molecule has 7 heteroatoms. The highest BCUT2D eigenvalue weighted by atomic mass is 35.5. The van der Waals surface area contributed by atoms with E-state index in [1.165, 1.54) is 10.4 Å². The van der Waals surface area contributed by atoms with Gasteiger partial charge in [0.2, 0.25) is 0 Å². The molecule has 2 aliphatic heterocycles. The normalized spacial score (nSPS) is 29.8. The molecule has 0 unspecified atom stereocenters. The van der Waals surface area contributed by atoms with Crippen LogP contribution in [0, 0.1) is 0 Å². The molecule has 3 rings (SSSR count). The van der Waals surface area contributed by atoms with Crippen LogP contribution in [0.2, 0.25) is 5.02 Å². The zero-order valence-electron chi connectivity index (χ0n) is 11.4. The molecule has 1 N–H and O–H groups in total. The minimum absolute atomic E-state index is 0.0141. The third-order valence-electron chi connectivity index (χ3n) is 4.00. The third kappa shape index (κ3) is 2.69. The lowest BCUT2D eigenvalue weighted by molar-refractivity contribution is -0.0628. The van der Waals surface area contributed by atoms with Crippen LogP contribution >= 0.6 is 23.4 Å². The quantitative estimate of drug-likeness (QED) is 0.903. The van der Waals surface area contributed by atoms with Crippen molar-refractivity contribution in [1.29, 1.82) is 0 Å². The standard InChI is InChI=1S/C13H18ClN3O2S/c1-17-12(18)11(14)10(7-15-17)16-9-2-4-19-13(6-9)3-5-20-8-13/h7,9,16H,2-6,8H2,1H3/t9-,13-/m0/s1. The van der Waals surface area contributed by atoms with E-state index < -0.39 is 0 Å². The molecule has 1 aromatic heterocycles. The number of halogens is 1. The highest BCUT2D eigenvalue weighted by Crippen LogP contribution is 2.39. The van der Waals surface area contributed by atoms with E-state index in [2.05, 4.69) is 10.4 Å². The minimum Gasteiger partial charge on any atom is -0.379 e. The van der Waals surface area contributed by atoms with Crippen molar-refractivity contribution in [2.75, 3.05) is 23.4 Å². The molecule has 2 fully saturated rings. The van der Waals surface area contributed by atoms with Gasteiger partial charge in [0.25, 0.3) is 5.56 Å². The lowest BCUT2D eigenvalue weighted by Crippen LogP contribution is -2.44. The van der Waals surface area contributed by atoms with Crippen LogP contribution in [0.3, 0.4) is 0 Å². The summed E-state index contributed by atoms with van der Waals surface area (Å²) in [6, 6.07) is 0.286. The first-order valence-corrected chi connectivity index (χ1v) is 8.33. The van der Waals surface area contributed by atoms with E-state index in [0.29, 0.717) is 5.69 Å². The molecule has 2 aliphatic rings. The largest absolute Gasteiger partial charge is 0.379 e. The Hall–Kier alpha value is -0.720. The van der Waals surface area contributed by atoms with Crippen molar-refractivity contribution in [3.8, 4) is 0 Å². The van der Waals surface area contributed by atoms with Crippen molar-refractivity contribution in [1.82, 2.24) is 9.78 Å².